The summed E-state index contributed by atoms with van der Waals surface area (Å²) >= 11 is 0. The number of aromatic nitrogens is 2. The molecule has 1 heterocycles. The minimum absolute atomic E-state index is 0.00315. The van der Waals surface area contributed by atoms with Gasteiger partial charge in [0.05, 0.1) is 17.6 Å². The number of hydrogen-bond acceptors (Lipinski definition) is 4. The van der Waals surface area contributed by atoms with Crippen molar-refractivity contribution in [3.05, 3.63) is 89.2 Å². The number of hydrogen-bond donors (Lipinski definition) is 3. The van der Waals surface area contributed by atoms with Crippen LogP contribution < -0.4 is 15.4 Å². The molecule has 3 aromatic carbocycles. The average Bonchev–Trinajstić information content (AvgIpc) is 3.30. The number of aryl methyl sites for hydroxylation is 2. The number of carbonyl (C=O) groups excluding carboxylic acids is 2. The molecule has 180 valence electrons. The molecule has 4 aromatic rings. The van der Waals surface area contributed by atoms with Crippen LogP contribution in [0.3, 0.4) is 0 Å². The smallest absolute Gasteiger partial charge is 0.251 e. The van der Waals surface area contributed by atoms with Crippen LogP contribution in [0.2, 0.25) is 0 Å². The Morgan fingerprint density at radius 3 is 2.54 bits per heavy atom. The fourth-order valence-electron chi connectivity index (χ4n) is 3.81. The van der Waals surface area contributed by atoms with Crippen molar-refractivity contribution < 1.29 is 14.3 Å². The zero-order chi connectivity index (χ0) is 24.6. The van der Waals surface area contributed by atoms with Gasteiger partial charge in [-0.05, 0) is 55.3 Å². The highest BCUT2D eigenvalue weighted by atomic mass is 16.5. The lowest BCUT2D eigenvalue weighted by molar-refractivity contribution is -0.115. The van der Waals surface area contributed by atoms with Gasteiger partial charge in [0.15, 0.2) is 0 Å². The van der Waals surface area contributed by atoms with Crippen molar-refractivity contribution in [2.24, 2.45) is 0 Å². The number of aromatic amines is 1. The van der Waals surface area contributed by atoms with Gasteiger partial charge in [0.25, 0.3) is 5.91 Å². The van der Waals surface area contributed by atoms with Crippen molar-refractivity contribution in [2.75, 3.05) is 11.9 Å². The Morgan fingerprint density at radius 1 is 0.971 bits per heavy atom. The van der Waals surface area contributed by atoms with Crippen molar-refractivity contribution in [1.82, 2.24) is 15.3 Å². The third-order valence-electron chi connectivity index (χ3n) is 5.71. The molecular formula is C28H30N4O3. The molecule has 0 spiro atoms. The molecule has 0 aliphatic rings. The van der Waals surface area contributed by atoms with Crippen LogP contribution in [-0.4, -0.2) is 28.4 Å². The molecule has 7 nitrogen and oxygen atoms in total. The second-order valence-electron chi connectivity index (χ2n) is 8.24. The van der Waals surface area contributed by atoms with E-state index in [1.54, 1.807) is 6.07 Å². The first kappa shape index (κ1) is 24.0. The maximum atomic E-state index is 12.7. The number of anilines is 1. The Balaban J connectivity index is 1.36. The summed E-state index contributed by atoms with van der Waals surface area (Å²) in [5.41, 5.74) is 5.14. The maximum Gasteiger partial charge on any atom is 0.251 e. The summed E-state index contributed by atoms with van der Waals surface area (Å²) in [6, 6.07) is 21.1. The van der Waals surface area contributed by atoms with Gasteiger partial charge in [0, 0.05) is 36.2 Å². The minimum Gasteiger partial charge on any atom is -0.494 e. The van der Waals surface area contributed by atoms with Crippen molar-refractivity contribution >= 4 is 28.5 Å². The predicted molar refractivity (Wildman–Crippen MR) is 138 cm³/mol. The summed E-state index contributed by atoms with van der Waals surface area (Å²) in [5, 5.41) is 5.83. The normalized spacial score (nSPS) is 10.8. The fraction of sp³-hybridized carbons (Fsp3) is 0.250. The van der Waals surface area contributed by atoms with Gasteiger partial charge in [-0.25, -0.2) is 4.98 Å². The van der Waals surface area contributed by atoms with E-state index in [9.17, 15) is 9.59 Å². The molecule has 35 heavy (non-hydrogen) atoms. The highest BCUT2D eigenvalue weighted by Gasteiger charge is 2.11. The molecule has 3 N–H and O–H groups in total. The standard InChI is InChI=1S/C28H30N4O3/c1-3-27(33)30-22-13-9-19(10-14-22)11-16-26-31-23-15-12-20(17-24(23)32-26)28(34)29-18-21-7-5-6-8-25(21)35-4-2/h5-10,12-15,17H,3-4,11,16,18H2,1-2H3,(H,29,34)(H,30,33)(H,31,32). The molecule has 0 aliphatic heterocycles. The van der Waals surface area contributed by atoms with E-state index >= 15 is 0 Å². The number of benzene rings is 3. The van der Waals surface area contributed by atoms with Crippen LogP contribution >= 0.6 is 0 Å². The lowest BCUT2D eigenvalue weighted by atomic mass is 10.1. The van der Waals surface area contributed by atoms with E-state index in [0.717, 1.165) is 52.3 Å². The number of ether oxygens (including phenoxy) is 1. The van der Waals surface area contributed by atoms with Crippen LogP contribution in [0.1, 0.15) is 47.6 Å². The van der Waals surface area contributed by atoms with Crippen molar-refractivity contribution in [2.45, 2.75) is 39.7 Å². The first-order chi connectivity index (χ1) is 17.1. The van der Waals surface area contributed by atoms with Gasteiger partial charge in [-0.3, -0.25) is 9.59 Å². The molecule has 2 amide bonds. The number of H-pyrrole nitrogens is 1. The summed E-state index contributed by atoms with van der Waals surface area (Å²) in [6.45, 7) is 4.73. The topological polar surface area (TPSA) is 96.1 Å². The molecule has 0 aliphatic carbocycles. The number of imidazole rings is 1. The van der Waals surface area contributed by atoms with Gasteiger partial charge in [-0.2, -0.15) is 0 Å². The number of amides is 2. The monoisotopic (exact) mass is 470 g/mol. The SMILES string of the molecule is CCOc1ccccc1CNC(=O)c1ccc2nc(CCc3ccc(NC(=O)CC)cc3)[nH]c2c1. The number of rotatable bonds is 10. The summed E-state index contributed by atoms with van der Waals surface area (Å²) in [6.07, 6.45) is 2.01. The fourth-order valence-corrected chi connectivity index (χ4v) is 3.81. The van der Waals surface area contributed by atoms with Crippen LogP contribution in [0.5, 0.6) is 5.75 Å². The van der Waals surface area contributed by atoms with Gasteiger partial charge < -0.3 is 20.4 Å². The second-order valence-corrected chi connectivity index (χ2v) is 8.24. The molecule has 0 bridgehead atoms. The largest absolute Gasteiger partial charge is 0.494 e. The van der Waals surface area contributed by atoms with Crippen molar-refractivity contribution in [3.8, 4) is 5.75 Å². The molecule has 0 fully saturated rings. The average molecular weight is 471 g/mol. The van der Waals surface area contributed by atoms with Gasteiger partial charge in [0.2, 0.25) is 5.91 Å². The zero-order valence-corrected chi connectivity index (χ0v) is 20.1. The summed E-state index contributed by atoms with van der Waals surface area (Å²) in [4.78, 5) is 32.3. The van der Waals surface area contributed by atoms with Gasteiger partial charge >= 0.3 is 0 Å². The van der Waals surface area contributed by atoms with E-state index in [1.165, 1.54) is 0 Å². The van der Waals surface area contributed by atoms with Crippen LogP contribution in [-0.2, 0) is 24.2 Å². The number of para-hydroxylation sites is 1. The molecule has 7 heteroatoms. The van der Waals surface area contributed by atoms with Crippen LogP contribution in [0.4, 0.5) is 5.69 Å². The summed E-state index contributed by atoms with van der Waals surface area (Å²) in [5.74, 6) is 1.50. The Hall–Kier alpha value is -4.13. The van der Waals surface area contributed by atoms with Crippen LogP contribution in [0.25, 0.3) is 11.0 Å². The van der Waals surface area contributed by atoms with E-state index in [0.29, 0.717) is 25.1 Å². The number of carbonyl (C=O) groups is 2. The highest BCUT2D eigenvalue weighted by molar-refractivity contribution is 5.97. The molecular weight excluding hydrogens is 440 g/mol. The van der Waals surface area contributed by atoms with Crippen molar-refractivity contribution in [1.29, 1.82) is 0 Å². The Morgan fingerprint density at radius 2 is 1.77 bits per heavy atom. The first-order valence-electron chi connectivity index (χ1n) is 11.9. The molecule has 1 aromatic heterocycles. The molecule has 0 saturated heterocycles. The van der Waals surface area contributed by atoms with E-state index in [1.807, 2.05) is 74.5 Å². The van der Waals surface area contributed by atoms with Crippen LogP contribution in [0.15, 0.2) is 66.7 Å². The quantitative estimate of drug-likeness (QED) is 0.303. The number of nitrogens with zero attached hydrogens (tertiary/aromatic N) is 1. The highest BCUT2D eigenvalue weighted by Crippen LogP contribution is 2.19. The molecule has 0 atom stereocenters. The van der Waals surface area contributed by atoms with E-state index < -0.39 is 0 Å². The lowest BCUT2D eigenvalue weighted by Gasteiger charge is -2.11. The first-order valence-corrected chi connectivity index (χ1v) is 11.9. The second kappa shape index (κ2) is 11.3. The maximum absolute atomic E-state index is 12.7. The van der Waals surface area contributed by atoms with E-state index in [2.05, 4.69) is 20.6 Å². The molecule has 0 radical (unpaired) electrons. The molecule has 4 rings (SSSR count). The lowest BCUT2D eigenvalue weighted by Crippen LogP contribution is -2.23. The predicted octanol–water partition coefficient (Wildman–Crippen LogP) is 5.03. The minimum atomic E-state index is -0.149. The Labute approximate surface area is 204 Å². The van der Waals surface area contributed by atoms with Gasteiger partial charge in [-0.1, -0.05) is 37.3 Å². The Bertz CT molecular complexity index is 1310. The van der Waals surface area contributed by atoms with Crippen LogP contribution in [0, 0.1) is 0 Å². The van der Waals surface area contributed by atoms with E-state index in [-0.39, 0.29) is 11.8 Å². The van der Waals surface area contributed by atoms with Gasteiger partial charge in [0.1, 0.15) is 11.6 Å². The summed E-state index contributed by atoms with van der Waals surface area (Å²) in [7, 11) is 0. The molecule has 0 unspecified atom stereocenters. The number of nitrogens with one attached hydrogen (secondary N) is 3. The third kappa shape index (κ3) is 6.26. The van der Waals surface area contributed by atoms with E-state index in [4.69, 9.17) is 4.74 Å². The third-order valence-corrected chi connectivity index (χ3v) is 5.71. The Kier molecular flexibility index (Phi) is 7.77. The summed E-state index contributed by atoms with van der Waals surface area (Å²) < 4.78 is 5.63. The molecule has 0 saturated carbocycles. The van der Waals surface area contributed by atoms with Crippen molar-refractivity contribution in [3.63, 3.8) is 0 Å². The number of fused-ring (bicyclic) bond motifs is 1. The van der Waals surface area contributed by atoms with Gasteiger partial charge in [-0.15, -0.1) is 0 Å². The zero-order valence-electron chi connectivity index (χ0n) is 20.1.